The van der Waals surface area contributed by atoms with Crippen LogP contribution in [0.2, 0.25) is 0 Å². The molecule has 5 rings (SSSR count). The van der Waals surface area contributed by atoms with Crippen LogP contribution >= 0.6 is 0 Å². The molecule has 1 saturated carbocycles. The average Bonchev–Trinajstić information content (AvgIpc) is 3.63. The van der Waals surface area contributed by atoms with Crippen LogP contribution in [0.5, 0.6) is 0 Å². The summed E-state index contributed by atoms with van der Waals surface area (Å²) in [4.78, 5) is 27.5. The Morgan fingerprint density at radius 2 is 1.86 bits per heavy atom. The van der Waals surface area contributed by atoms with Gasteiger partial charge >= 0.3 is 0 Å². The molecular formula is C27H38N6O3. The van der Waals surface area contributed by atoms with Gasteiger partial charge in [-0.05, 0) is 76.1 Å². The van der Waals surface area contributed by atoms with Crippen LogP contribution in [0.4, 0.5) is 23.3 Å². The monoisotopic (exact) mass is 494 g/mol. The highest BCUT2D eigenvalue weighted by Gasteiger charge is 2.45. The van der Waals surface area contributed by atoms with Crippen LogP contribution in [-0.4, -0.2) is 72.0 Å². The van der Waals surface area contributed by atoms with Crippen molar-refractivity contribution in [2.75, 3.05) is 59.8 Å². The molecule has 0 radical (unpaired) electrons. The molecule has 1 spiro atoms. The number of hydrogen-bond acceptors (Lipinski definition) is 8. The van der Waals surface area contributed by atoms with E-state index in [1.165, 1.54) is 12.8 Å². The number of morpholine rings is 1. The highest BCUT2D eigenvalue weighted by molar-refractivity contribution is 6.07. The van der Waals surface area contributed by atoms with E-state index in [0.717, 1.165) is 44.8 Å². The summed E-state index contributed by atoms with van der Waals surface area (Å²) in [6.07, 6.45) is 5.05. The first-order valence-electron chi connectivity index (χ1n) is 13.1. The predicted molar refractivity (Wildman–Crippen MR) is 142 cm³/mol. The second-order valence-corrected chi connectivity index (χ2v) is 11.2. The third-order valence-electron chi connectivity index (χ3n) is 7.60. The molecule has 0 unspecified atom stereocenters. The van der Waals surface area contributed by atoms with Crippen molar-refractivity contribution in [3.63, 3.8) is 0 Å². The van der Waals surface area contributed by atoms with E-state index in [-0.39, 0.29) is 18.6 Å². The van der Waals surface area contributed by atoms with Gasteiger partial charge in [0, 0.05) is 26.2 Å². The van der Waals surface area contributed by atoms with Crippen molar-refractivity contribution >= 4 is 29.2 Å². The van der Waals surface area contributed by atoms with E-state index >= 15 is 0 Å². The first-order chi connectivity index (χ1) is 17.3. The molecule has 9 nitrogen and oxygen atoms in total. The zero-order chi connectivity index (χ0) is 25.3. The number of aromatic nitrogens is 2. The molecule has 2 saturated heterocycles. The minimum atomic E-state index is -0.518. The van der Waals surface area contributed by atoms with Crippen LogP contribution in [0.25, 0.3) is 0 Å². The molecule has 0 aromatic carbocycles. The molecule has 194 valence electrons. The minimum absolute atomic E-state index is 0.0254. The predicted octanol–water partition coefficient (Wildman–Crippen LogP) is 3.52. The lowest BCUT2D eigenvalue weighted by Crippen LogP contribution is -2.41. The summed E-state index contributed by atoms with van der Waals surface area (Å²) >= 11 is 0. The highest BCUT2D eigenvalue weighted by atomic mass is 16.5. The van der Waals surface area contributed by atoms with Crippen LogP contribution in [0.3, 0.4) is 0 Å². The van der Waals surface area contributed by atoms with Crippen LogP contribution in [0.1, 0.15) is 56.8 Å². The Labute approximate surface area is 213 Å². The summed E-state index contributed by atoms with van der Waals surface area (Å²) in [6.45, 7) is 9.86. The lowest BCUT2D eigenvalue weighted by Gasteiger charge is -2.34. The van der Waals surface area contributed by atoms with E-state index < -0.39 is 5.54 Å². The first kappa shape index (κ1) is 24.8. The number of nitrogens with zero attached hydrogens (tertiary/aromatic N) is 4. The molecule has 3 fully saturated rings. The van der Waals surface area contributed by atoms with E-state index in [0.29, 0.717) is 35.0 Å². The zero-order valence-electron chi connectivity index (χ0n) is 21.6. The minimum Gasteiger partial charge on any atom is -0.394 e. The number of pyridine rings is 2. The maximum Gasteiger partial charge on any atom is 0.260 e. The SMILES string of the molecule is C[C@H]1CN(c2cccc(NC(=O)c3ccc(NC(C)(C)CO)nc3N3CCC4(CC3)CC4)n2)CCO1. The van der Waals surface area contributed by atoms with Crippen molar-refractivity contribution in [2.45, 2.75) is 58.1 Å². The first-order valence-corrected chi connectivity index (χ1v) is 13.1. The molecular weight excluding hydrogens is 456 g/mol. The van der Waals surface area contributed by atoms with Crippen molar-refractivity contribution in [1.82, 2.24) is 9.97 Å². The molecule has 2 aromatic heterocycles. The Bertz CT molecular complexity index is 1090. The van der Waals surface area contributed by atoms with Gasteiger partial charge in [-0.3, -0.25) is 4.79 Å². The van der Waals surface area contributed by atoms with E-state index in [1.54, 1.807) is 6.07 Å². The summed E-state index contributed by atoms with van der Waals surface area (Å²) < 4.78 is 5.65. The fourth-order valence-corrected chi connectivity index (χ4v) is 5.07. The number of anilines is 4. The summed E-state index contributed by atoms with van der Waals surface area (Å²) in [5.41, 5.74) is 0.533. The number of ether oxygens (including phenoxy) is 1. The van der Waals surface area contributed by atoms with Gasteiger partial charge in [0.1, 0.15) is 23.3 Å². The number of nitrogens with one attached hydrogen (secondary N) is 2. The van der Waals surface area contributed by atoms with Crippen LogP contribution < -0.4 is 20.4 Å². The lowest BCUT2D eigenvalue weighted by molar-refractivity contribution is 0.0529. The Morgan fingerprint density at radius 3 is 2.56 bits per heavy atom. The molecule has 4 heterocycles. The number of carbonyl (C=O) groups excluding carboxylic acids is 1. The number of aliphatic hydroxyl groups excluding tert-OH is 1. The Kier molecular flexibility index (Phi) is 6.78. The van der Waals surface area contributed by atoms with Crippen molar-refractivity contribution in [3.05, 3.63) is 35.9 Å². The average molecular weight is 495 g/mol. The Balaban J connectivity index is 1.37. The van der Waals surface area contributed by atoms with Crippen molar-refractivity contribution in [1.29, 1.82) is 0 Å². The normalized spacial score (nSPS) is 21.4. The van der Waals surface area contributed by atoms with Gasteiger partial charge in [0.15, 0.2) is 0 Å². The van der Waals surface area contributed by atoms with Gasteiger partial charge in [-0.1, -0.05) is 6.07 Å². The summed E-state index contributed by atoms with van der Waals surface area (Å²) in [6, 6.07) is 9.33. The smallest absolute Gasteiger partial charge is 0.260 e. The molecule has 2 aromatic rings. The molecule has 9 heteroatoms. The number of carbonyl (C=O) groups is 1. The number of aliphatic hydroxyl groups is 1. The maximum atomic E-state index is 13.5. The zero-order valence-corrected chi connectivity index (χ0v) is 21.6. The quantitative estimate of drug-likeness (QED) is 0.537. The third kappa shape index (κ3) is 5.57. The lowest BCUT2D eigenvalue weighted by atomic mass is 9.93. The molecule has 3 aliphatic rings. The highest BCUT2D eigenvalue weighted by Crippen LogP contribution is 2.54. The molecule has 3 N–H and O–H groups in total. The van der Waals surface area contributed by atoms with Gasteiger partial charge in [-0.25, -0.2) is 9.97 Å². The molecule has 0 bridgehead atoms. The number of hydrogen-bond donors (Lipinski definition) is 3. The molecule has 1 aliphatic carbocycles. The van der Waals surface area contributed by atoms with E-state index in [1.807, 2.05) is 38.1 Å². The fraction of sp³-hybridized carbons (Fsp3) is 0.593. The summed E-state index contributed by atoms with van der Waals surface area (Å²) in [5, 5.41) is 16.0. The standard InChI is InChI=1S/C27H38N6O3/c1-19-17-33(15-16-36-19)23-6-4-5-21(28-23)30-25(35)20-7-8-22(31-26(2,3)18-34)29-24(20)32-13-11-27(9-10-27)12-14-32/h4-8,19,34H,9-18H2,1-3H3,(H,29,31)(H,28,30,35)/t19-/m0/s1. The Morgan fingerprint density at radius 1 is 1.08 bits per heavy atom. The summed E-state index contributed by atoms with van der Waals surface area (Å²) in [5.74, 6) is 2.45. The van der Waals surface area contributed by atoms with Gasteiger partial charge in [0.2, 0.25) is 0 Å². The number of piperidine rings is 1. The van der Waals surface area contributed by atoms with Crippen molar-refractivity contribution in [3.8, 4) is 0 Å². The molecule has 36 heavy (non-hydrogen) atoms. The molecule has 1 atom stereocenters. The van der Waals surface area contributed by atoms with E-state index in [4.69, 9.17) is 14.7 Å². The van der Waals surface area contributed by atoms with Gasteiger partial charge in [0.05, 0.1) is 30.4 Å². The topological polar surface area (TPSA) is 103 Å². The van der Waals surface area contributed by atoms with Gasteiger partial charge in [-0.15, -0.1) is 0 Å². The fourth-order valence-electron chi connectivity index (χ4n) is 5.07. The maximum absolute atomic E-state index is 13.5. The van der Waals surface area contributed by atoms with Crippen LogP contribution in [-0.2, 0) is 4.74 Å². The molecule has 2 aliphatic heterocycles. The number of rotatable bonds is 7. The Hall–Kier alpha value is -2.91. The van der Waals surface area contributed by atoms with Gasteiger partial charge in [-0.2, -0.15) is 0 Å². The van der Waals surface area contributed by atoms with Gasteiger partial charge in [0.25, 0.3) is 5.91 Å². The van der Waals surface area contributed by atoms with Crippen molar-refractivity contribution in [2.24, 2.45) is 5.41 Å². The molecule has 1 amide bonds. The van der Waals surface area contributed by atoms with E-state index in [9.17, 15) is 9.90 Å². The van der Waals surface area contributed by atoms with Crippen LogP contribution in [0, 0.1) is 5.41 Å². The number of amides is 1. The third-order valence-corrected chi connectivity index (χ3v) is 7.60. The second kappa shape index (κ2) is 9.86. The second-order valence-electron chi connectivity index (χ2n) is 11.2. The van der Waals surface area contributed by atoms with Crippen molar-refractivity contribution < 1.29 is 14.6 Å². The summed E-state index contributed by atoms with van der Waals surface area (Å²) in [7, 11) is 0. The van der Waals surface area contributed by atoms with E-state index in [2.05, 4.69) is 27.4 Å². The van der Waals surface area contributed by atoms with Crippen LogP contribution in [0.15, 0.2) is 30.3 Å². The van der Waals surface area contributed by atoms with Gasteiger partial charge < -0.3 is 30.3 Å². The largest absolute Gasteiger partial charge is 0.394 e.